The van der Waals surface area contributed by atoms with E-state index < -0.39 is 66.0 Å². The molecule has 4 aromatic rings. The number of aromatic nitrogens is 8. The van der Waals surface area contributed by atoms with E-state index in [2.05, 4.69) is 46.9 Å². The maximum absolute atomic E-state index is 13.4. The number of ether oxygens (including phenoxy) is 2. The Labute approximate surface area is 246 Å². The van der Waals surface area contributed by atoms with E-state index in [0.29, 0.717) is 11.2 Å². The summed E-state index contributed by atoms with van der Waals surface area (Å²) in [5.74, 6) is -0.0190. The number of fused-ring (bicyclic) bond motifs is 5. The lowest BCUT2D eigenvalue weighted by molar-refractivity contribution is -0.0329. The minimum atomic E-state index is -4.41. The van der Waals surface area contributed by atoms with E-state index in [4.69, 9.17) is 34.2 Å². The molecule has 7 heterocycles. The Balaban J connectivity index is 1.19. The predicted molar refractivity (Wildman–Crippen MR) is 149 cm³/mol. The molecular weight excluding hydrogens is 633 g/mol. The number of nitrogens with zero attached hydrogens (tertiary/aromatic N) is 7. The fourth-order valence-electron chi connectivity index (χ4n) is 5.34. The number of rotatable bonds is 2. The van der Waals surface area contributed by atoms with Gasteiger partial charge in [-0.3, -0.25) is 23.4 Å². The molecule has 3 saturated heterocycles. The molecule has 0 saturated carbocycles. The average molecular weight is 658 g/mol. The summed E-state index contributed by atoms with van der Waals surface area (Å²) in [5, 5.41) is 0. The molecule has 43 heavy (non-hydrogen) atoms. The molecule has 0 aromatic carbocycles. The summed E-state index contributed by atoms with van der Waals surface area (Å²) < 4.78 is 74.0. The van der Waals surface area contributed by atoms with Gasteiger partial charge < -0.3 is 25.5 Å². The number of thiol groups is 1. The molecule has 0 radical (unpaired) electrons. The molecule has 20 nitrogen and oxygen atoms in total. The minimum absolute atomic E-state index is 0.0207. The van der Waals surface area contributed by atoms with Crippen LogP contribution in [0.15, 0.2) is 23.8 Å². The van der Waals surface area contributed by atoms with Crippen LogP contribution in [0, 0.1) is 0 Å². The monoisotopic (exact) mass is 657 g/mol. The average Bonchev–Trinajstić information content (AvgIpc) is 3.71. The number of H-pyrrole nitrogens is 1. The quantitative estimate of drug-likeness (QED) is 0.128. The van der Waals surface area contributed by atoms with E-state index in [0.717, 1.165) is 0 Å². The molecule has 0 aliphatic carbocycles. The molecule has 230 valence electrons. The van der Waals surface area contributed by atoms with E-state index >= 15 is 0 Å². The summed E-state index contributed by atoms with van der Waals surface area (Å²) in [6, 6.07) is -0.746. The van der Waals surface area contributed by atoms with Gasteiger partial charge >= 0.3 is 17.1 Å². The van der Waals surface area contributed by atoms with Gasteiger partial charge in [-0.25, -0.2) is 28.7 Å². The predicted octanol–water partition coefficient (Wildman–Crippen LogP) is -0.976. The summed E-state index contributed by atoms with van der Waals surface area (Å²) in [7, 11) is -4.41. The third-order valence-corrected chi connectivity index (χ3v) is 9.87. The number of aromatic amines is 1. The highest BCUT2D eigenvalue weighted by atomic mass is 32.7. The van der Waals surface area contributed by atoms with Crippen LogP contribution in [0.2, 0.25) is 0 Å². The lowest BCUT2D eigenvalue weighted by Crippen LogP contribution is -2.41. The number of nitrogens with two attached hydrogens (primary N) is 2. The van der Waals surface area contributed by atoms with Crippen molar-refractivity contribution in [3.8, 4) is 0 Å². The van der Waals surface area contributed by atoms with Crippen molar-refractivity contribution in [3.05, 3.63) is 29.3 Å². The molecule has 6 N–H and O–H groups in total. The highest BCUT2D eigenvalue weighted by Gasteiger charge is 2.47. The van der Waals surface area contributed by atoms with Crippen LogP contribution >= 0.6 is 19.0 Å². The van der Waals surface area contributed by atoms with Crippen molar-refractivity contribution < 1.29 is 35.7 Å². The standard InChI is InChI=1S/C20H24N11O9PS2/c21-15-12-16(24-5-23-15)30(6-25-12)9-3-36-11-4-37-41(33,42)39-10-1-8(2-27-43(34,35)40-14(9)11)38-19(10)31-7-26-13-17(31)28-20(22)29-18(13)32/h5-11,14,19,27H,1-4H2,(H,33,42)(H2,21,23,24)(H3,22,28,29,32)/t8?,9?,10-,11+,14+,19-,41?/m1/s1. The Kier molecular flexibility index (Phi) is 6.94. The minimum Gasteiger partial charge on any atom is -0.382 e. The highest BCUT2D eigenvalue weighted by Crippen LogP contribution is 2.57. The molecule has 3 aliphatic heterocycles. The molecule has 7 atom stereocenters. The number of nitrogens with one attached hydrogen (secondary N) is 2. The van der Waals surface area contributed by atoms with E-state index in [1.807, 2.05) is 0 Å². The number of hydrogen-bond donors (Lipinski definition) is 5. The van der Waals surface area contributed by atoms with Gasteiger partial charge in [0.1, 0.15) is 30.2 Å². The van der Waals surface area contributed by atoms with Crippen LogP contribution in [0.3, 0.4) is 0 Å². The highest BCUT2D eigenvalue weighted by molar-refractivity contribution is 8.44. The Hall–Kier alpha value is -3.21. The SMILES string of the molecule is Nc1nc2c(ncn2[C@@H]2OC3CNS(=O)(=O)O[C@H]4C(n5cnc6c(N)ncnc65)CO[C@H]4COP(=O)(S)O[C@@H]2C3)c(=O)[nH]1. The van der Waals surface area contributed by atoms with Gasteiger partial charge in [-0.1, -0.05) is 12.2 Å². The summed E-state index contributed by atoms with van der Waals surface area (Å²) in [6.45, 7) is -4.81. The van der Waals surface area contributed by atoms with Gasteiger partial charge in [0.15, 0.2) is 28.9 Å². The summed E-state index contributed by atoms with van der Waals surface area (Å²) >= 11 is 4.15. The maximum atomic E-state index is 13.4. The first-order valence-corrected chi connectivity index (χ1v) is 16.8. The van der Waals surface area contributed by atoms with Gasteiger partial charge in [-0.2, -0.15) is 18.1 Å². The molecule has 2 bridgehead atoms. The molecule has 23 heteroatoms. The van der Waals surface area contributed by atoms with Crippen LogP contribution in [0.1, 0.15) is 18.7 Å². The van der Waals surface area contributed by atoms with Gasteiger partial charge in [0.05, 0.1) is 38.0 Å². The first-order chi connectivity index (χ1) is 20.5. The fourth-order valence-corrected chi connectivity index (χ4v) is 7.84. The van der Waals surface area contributed by atoms with Crippen LogP contribution in [0.5, 0.6) is 0 Å². The smallest absolute Gasteiger partial charge is 0.382 e. The van der Waals surface area contributed by atoms with Crippen molar-refractivity contribution in [2.45, 2.75) is 43.1 Å². The summed E-state index contributed by atoms with van der Waals surface area (Å²) in [5.41, 5.74) is 11.8. The Morgan fingerprint density at radius 2 is 1.84 bits per heavy atom. The second-order valence-electron chi connectivity index (χ2n) is 9.95. The number of nitrogen functional groups attached to an aromatic ring is 2. The normalized spacial score (nSPS) is 33.1. The van der Waals surface area contributed by atoms with Crippen LogP contribution in [-0.4, -0.2) is 91.6 Å². The largest absolute Gasteiger partial charge is 0.386 e. The molecule has 3 aliphatic rings. The first-order valence-electron chi connectivity index (χ1n) is 12.7. The zero-order chi connectivity index (χ0) is 30.1. The molecule has 3 unspecified atom stereocenters. The second-order valence-corrected chi connectivity index (χ2v) is 14.2. The molecule has 0 amide bonds. The summed E-state index contributed by atoms with van der Waals surface area (Å²) in [6.07, 6.45) is -1.03. The lowest BCUT2D eigenvalue weighted by atomic mass is 10.1. The van der Waals surface area contributed by atoms with Gasteiger partial charge in [-0.15, -0.1) is 0 Å². The van der Waals surface area contributed by atoms with Crippen molar-refractivity contribution in [2.24, 2.45) is 0 Å². The zero-order valence-electron chi connectivity index (χ0n) is 21.8. The van der Waals surface area contributed by atoms with E-state index in [-0.39, 0.29) is 42.5 Å². The van der Waals surface area contributed by atoms with Gasteiger partial charge in [0.25, 0.3) is 5.56 Å². The van der Waals surface area contributed by atoms with Crippen molar-refractivity contribution in [1.29, 1.82) is 0 Å². The molecule has 4 aromatic heterocycles. The van der Waals surface area contributed by atoms with Crippen molar-refractivity contribution >= 4 is 63.4 Å². The second kappa shape index (κ2) is 10.5. The van der Waals surface area contributed by atoms with Crippen molar-refractivity contribution in [3.63, 3.8) is 0 Å². The Morgan fingerprint density at radius 1 is 1.05 bits per heavy atom. The Morgan fingerprint density at radius 3 is 2.67 bits per heavy atom. The number of anilines is 2. The third kappa shape index (κ3) is 5.27. The lowest BCUT2D eigenvalue weighted by Gasteiger charge is -2.26. The van der Waals surface area contributed by atoms with Gasteiger partial charge in [0.2, 0.25) is 5.95 Å². The van der Waals surface area contributed by atoms with Gasteiger partial charge in [0, 0.05) is 13.0 Å². The van der Waals surface area contributed by atoms with Gasteiger partial charge in [-0.05, 0) is 0 Å². The van der Waals surface area contributed by atoms with E-state index in [9.17, 15) is 17.8 Å². The van der Waals surface area contributed by atoms with Crippen LogP contribution < -0.4 is 21.7 Å². The van der Waals surface area contributed by atoms with Crippen molar-refractivity contribution in [2.75, 3.05) is 31.2 Å². The molecule has 3 fully saturated rings. The molecule has 0 spiro atoms. The molecule has 7 rings (SSSR count). The Bertz CT molecular complexity index is 1930. The van der Waals surface area contributed by atoms with Crippen LogP contribution in [-0.2, 0) is 37.6 Å². The molecular formula is C20H24N11O9PS2. The first kappa shape index (κ1) is 28.6. The van der Waals surface area contributed by atoms with Crippen LogP contribution in [0.25, 0.3) is 22.3 Å². The van der Waals surface area contributed by atoms with Crippen molar-refractivity contribution in [1.82, 2.24) is 43.8 Å². The number of hydrogen-bond acceptors (Lipinski definition) is 16. The van der Waals surface area contributed by atoms with E-state index in [1.54, 1.807) is 4.57 Å². The maximum Gasteiger partial charge on any atom is 0.386 e. The topological polar surface area (TPSA) is 269 Å². The van der Waals surface area contributed by atoms with Crippen LogP contribution in [0.4, 0.5) is 11.8 Å². The van der Waals surface area contributed by atoms with E-state index in [1.165, 1.54) is 23.5 Å². The summed E-state index contributed by atoms with van der Waals surface area (Å²) in [4.78, 5) is 35.2. The zero-order valence-corrected chi connectivity index (χ0v) is 24.4. The third-order valence-electron chi connectivity index (χ3n) is 7.24. The fraction of sp³-hybridized carbons (Fsp3) is 0.500. The number of imidazole rings is 2.